The molecule has 8 heteroatoms. The van der Waals surface area contributed by atoms with Crippen LogP contribution in [0.3, 0.4) is 0 Å². The Morgan fingerprint density at radius 2 is 2.36 bits per heavy atom. The van der Waals surface area contributed by atoms with Crippen molar-refractivity contribution in [3.8, 4) is 11.3 Å². The number of oxazole rings is 1. The molecule has 1 amide bonds. The zero-order chi connectivity index (χ0) is 17.4. The van der Waals surface area contributed by atoms with Gasteiger partial charge in [-0.15, -0.1) is 11.3 Å². The average Bonchev–Trinajstić information content (AvgIpc) is 3.34. The van der Waals surface area contributed by atoms with Crippen molar-refractivity contribution in [1.29, 1.82) is 0 Å². The van der Waals surface area contributed by atoms with E-state index < -0.39 is 0 Å². The molecule has 3 heterocycles. The molecule has 1 unspecified atom stereocenters. The molecule has 0 saturated carbocycles. The number of hydrogen-bond donors (Lipinski definition) is 1. The van der Waals surface area contributed by atoms with Crippen molar-refractivity contribution in [3.63, 3.8) is 0 Å². The van der Waals surface area contributed by atoms with Gasteiger partial charge < -0.3 is 14.5 Å². The summed E-state index contributed by atoms with van der Waals surface area (Å²) in [6.07, 6.45) is 1.37. The summed E-state index contributed by atoms with van der Waals surface area (Å²) in [6, 6.07) is 5.55. The molecule has 1 atom stereocenters. The highest BCUT2D eigenvalue weighted by Crippen LogP contribution is 2.25. The Hall–Kier alpha value is -2.45. The zero-order valence-corrected chi connectivity index (χ0v) is 14.5. The van der Waals surface area contributed by atoms with Gasteiger partial charge in [0.15, 0.2) is 5.58 Å². The Balaban J connectivity index is 1.49. The van der Waals surface area contributed by atoms with Gasteiger partial charge in [-0.2, -0.15) is 0 Å². The molecule has 1 aromatic carbocycles. The molecule has 2 aromatic heterocycles. The molecule has 1 fully saturated rings. The Morgan fingerprint density at radius 1 is 1.48 bits per heavy atom. The fourth-order valence-corrected chi connectivity index (χ4v) is 3.62. The van der Waals surface area contributed by atoms with Crippen LogP contribution in [-0.2, 0) is 23.1 Å². The van der Waals surface area contributed by atoms with Crippen molar-refractivity contribution in [2.24, 2.45) is 7.05 Å². The number of nitrogens with zero attached hydrogens (tertiary/aromatic N) is 2. The lowest BCUT2D eigenvalue weighted by Gasteiger charge is -2.08. The monoisotopic (exact) mass is 359 g/mol. The van der Waals surface area contributed by atoms with Crippen LogP contribution in [0.15, 0.2) is 32.8 Å². The molecule has 130 valence electrons. The van der Waals surface area contributed by atoms with E-state index in [1.165, 1.54) is 15.9 Å². The molecular weight excluding hydrogens is 342 g/mol. The molecule has 1 aliphatic rings. The van der Waals surface area contributed by atoms with Crippen molar-refractivity contribution < 1.29 is 13.9 Å². The van der Waals surface area contributed by atoms with Gasteiger partial charge in [0.25, 0.3) is 0 Å². The first-order valence-corrected chi connectivity index (χ1v) is 8.93. The summed E-state index contributed by atoms with van der Waals surface area (Å²) in [5.41, 5.74) is 2.94. The molecule has 4 rings (SSSR count). The van der Waals surface area contributed by atoms with E-state index in [1.807, 2.05) is 17.5 Å². The first-order valence-electron chi connectivity index (χ1n) is 8.05. The molecule has 1 saturated heterocycles. The van der Waals surface area contributed by atoms with Crippen LogP contribution in [0.1, 0.15) is 17.8 Å². The van der Waals surface area contributed by atoms with Crippen molar-refractivity contribution >= 4 is 28.3 Å². The van der Waals surface area contributed by atoms with Crippen LogP contribution in [-0.4, -0.2) is 28.2 Å². The third-order valence-electron chi connectivity index (χ3n) is 4.28. The van der Waals surface area contributed by atoms with Crippen LogP contribution >= 0.6 is 11.3 Å². The number of rotatable bonds is 4. The van der Waals surface area contributed by atoms with Crippen LogP contribution in [0, 0.1) is 0 Å². The quantitative estimate of drug-likeness (QED) is 0.770. The number of aryl methyl sites for hydroxylation is 1. The van der Waals surface area contributed by atoms with Gasteiger partial charge in [-0.05, 0) is 25.0 Å². The molecule has 1 aliphatic heterocycles. The van der Waals surface area contributed by atoms with Gasteiger partial charge in [0.2, 0.25) is 5.91 Å². The number of aromatic nitrogens is 2. The van der Waals surface area contributed by atoms with Gasteiger partial charge in [-0.1, -0.05) is 6.07 Å². The Kier molecular flexibility index (Phi) is 4.14. The highest BCUT2D eigenvalue weighted by atomic mass is 32.1. The molecule has 0 radical (unpaired) electrons. The normalized spacial score (nSPS) is 17.2. The SMILES string of the molecule is Cn1c(=O)oc2cc(-c3csc(CNC(=O)C4CCCO4)n3)ccc21. The number of hydrogen-bond acceptors (Lipinski definition) is 6. The maximum absolute atomic E-state index is 12.0. The summed E-state index contributed by atoms with van der Waals surface area (Å²) in [4.78, 5) is 28.1. The third kappa shape index (κ3) is 3.10. The molecule has 0 bridgehead atoms. The van der Waals surface area contributed by atoms with Crippen LogP contribution in [0.25, 0.3) is 22.4 Å². The standard InChI is InChI=1S/C17H17N3O4S/c1-20-12-5-4-10(7-14(12)24-17(20)22)11-9-25-15(19-11)8-18-16(21)13-3-2-6-23-13/h4-5,7,9,13H,2-3,6,8H2,1H3,(H,18,21). The highest BCUT2D eigenvalue weighted by Gasteiger charge is 2.23. The summed E-state index contributed by atoms with van der Waals surface area (Å²) in [7, 11) is 1.67. The van der Waals surface area contributed by atoms with Crippen molar-refractivity contribution in [2.45, 2.75) is 25.5 Å². The van der Waals surface area contributed by atoms with Gasteiger partial charge in [-0.3, -0.25) is 9.36 Å². The fourth-order valence-electron chi connectivity index (χ4n) is 2.88. The second-order valence-electron chi connectivity index (χ2n) is 5.96. The summed E-state index contributed by atoms with van der Waals surface area (Å²) in [5.74, 6) is -0.468. The molecule has 7 nitrogen and oxygen atoms in total. The maximum atomic E-state index is 12.0. The number of carbonyl (C=O) groups is 1. The first kappa shape index (κ1) is 16.0. The molecule has 1 N–H and O–H groups in total. The van der Waals surface area contributed by atoms with Crippen LogP contribution < -0.4 is 11.1 Å². The Labute approximate surface area is 147 Å². The number of thiazole rings is 1. The van der Waals surface area contributed by atoms with Crippen molar-refractivity contribution in [3.05, 3.63) is 39.1 Å². The zero-order valence-electron chi connectivity index (χ0n) is 13.7. The molecule has 0 aliphatic carbocycles. The topological polar surface area (TPSA) is 86.4 Å². The van der Waals surface area contributed by atoms with Gasteiger partial charge in [0.05, 0.1) is 17.8 Å². The van der Waals surface area contributed by atoms with Gasteiger partial charge in [-0.25, -0.2) is 9.78 Å². The smallest absolute Gasteiger partial charge is 0.408 e. The van der Waals surface area contributed by atoms with Gasteiger partial charge >= 0.3 is 5.76 Å². The van der Waals surface area contributed by atoms with E-state index in [9.17, 15) is 9.59 Å². The summed E-state index contributed by atoms with van der Waals surface area (Å²) < 4.78 is 12.0. The molecule has 3 aromatic rings. The van der Waals surface area contributed by atoms with Crippen molar-refractivity contribution in [1.82, 2.24) is 14.9 Å². The van der Waals surface area contributed by atoms with E-state index in [0.717, 1.165) is 34.6 Å². The lowest BCUT2D eigenvalue weighted by molar-refractivity contribution is -0.130. The lowest BCUT2D eigenvalue weighted by Crippen LogP contribution is -2.33. The molecular formula is C17H17N3O4S. The Morgan fingerprint density at radius 3 is 3.16 bits per heavy atom. The van der Waals surface area contributed by atoms with E-state index in [0.29, 0.717) is 18.7 Å². The average molecular weight is 359 g/mol. The van der Waals surface area contributed by atoms with E-state index in [1.54, 1.807) is 13.1 Å². The highest BCUT2D eigenvalue weighted by molar-refractivity contribution is 7.09. The second-order valence-corrected chi connectivity index (χ2v) is 6.90. The Bertz CT molecular complexity index is 981. The van der Waals surface area contributed by atoms with Gasteiger partial charge in [0, 0.05) is 24.6 Å². The summed E-state index contributed by atoms with van der Waals surface area (Å²) in [6.45, 7) is 1.03. The predicted octanol–water partition coefficient (Wildman–Crippen LogP) is 2.05. The minimum absolute atomic E-state index is 0.0817. The number of carbonyl (C=O) groups excluding carboxylic acids is 1. The van der Waals surface area contributed by atoms with Crippen LogP contribution in [0.5, 0.6) is 0 Å². The van der Waals surface area contributed by atoms with Crippen molar-refractivity contribution in [2.75, 3.05) is 6.61 Å². The fraction of sp³-hybridized carbons (Fsp3) is 0.353. The van der Waals surface area contributed by atoms with E-state index in [4.69, 9.17) is 9.15 Å². The third-order valence-corrected chi connectivity index (χ3v) is 5.12. The first-order chi connectivity index (χ1) is 12.1. The largest absolute Gasteiger partial charge is 0.419 e. The number of amides is 1. The minimum Gasteiger partial charge on any atom is -0.408 e. The van der Waals surface area contributed by atoms with E-state index >= 15 is 0 Å². The second kappa shape index (κ2) is 6.45. The minimum atomic E-state index is -0.386. The predicted molar refractivity (Wildman–Crippen MR) is 93.4 cm³/mol. The molecule has 0 spiro atoms. The van der Waals surface area contributed by atoms with Gasteiger partial charge in [0.1, 0.15) is 11.1 Å². The summed E-state index contributed by atoms with van der Waals surface area (Å²) >= 11 is 1.48. The van der Waals surface area contributed by atoms with Crippen LogP contribution in [0.2, 0.25) is 0 Å². The molecule has 25 heavy (non-hydrogen) atoms. The van der Waals surface area contributed by atoms with E-state index in [-0.39, 0.29) is 17.8 Å². The number of nitrogens with one attached hydrogen (secondary N) is 1. The van der Waals surface area contributed by atoms with E-state index in [2.05, 4.69) is 10.3 Å². The maximum Gasteiger partial charge on any atom is 0.419 e. The van der Waals surface area contributed by atoms with Crippen LogP contribution in [0.4, 0.5) is 0 Å². The summed E-state index contributed by atoms with van der Waals surface area (Å²) in [5, 5.41) is 5.61. The number of ether oxygens (including phenoxy) is 1. The number of benzene rings is 1. The number of fused-ring (bicyclic) bond motifs is 1. The lowest BCUT2D eigenvalue weighted by atomic mass is 10.1.